The molecule has 6 heteroatoms. The first-order chi connectivity index (χ1) is 6.48. The van der Waals surface area contributed by atoms with Crippen molar-refractivity contribution in [3.05, 3.63) is 0 Å². The highest BCUT2D eigenvalue weighted by atomic mass is 32.2. The molecular formula is C8H16O5S. The minimum Gasteiger partial charge on any atom is -0.481 e. The third-order valence-electron chi connectivity index (χ3n) is 1.58. The van der Waals surface area contributed by atoms with Crippen LogP contribution in [0.4, 0.5) is 0 Å². The van der Waals surface area contributed by atoms with E-state index in [2.05, 4.69) is 4.18 Å². The van der Waals surface area contributed by atoms with Gasteiger partial charge >= 0.3 is 5.97 Å². The molecule has 0 aromatic carbocycles. The highest BCUT2D eigenvalue weighted by Crippen LogP contribution is 2.03. The van der Waals surface area contributed by atoms with Crippen molar-refractivity contribution in [3.63, 3.8) is 0 Å². The van der Waals surface area contributed by atoms with Crippen molar-refractivity contribution in [2.24, 2.45) is 0 Å². The average Bonchev–Trinajstić information content (AvgIpc) is 2.02. The summed E-state index contributed by atoms with van der Waals surface area (Å²) < 4.78 is 26.5. The molecular weight excluding hydrogens is 208 g/mol. The Labute approximate surface area is 84.2 Å². The van der Waals surface area contributed by atoms with Gasteiger partial charge in [0.25, 0.3) is 10.1 Å². The van der Waals surface area contributed by atoms with E-state index >= 15 is 0 Å². The van der Waals surface area contributed by atoms with Crippen molar-refractivity contribution < 1.29 is 22.5 Å². The number of carboxylic acid groups (broad SMARTS) is 1. The predicted octanol–water partition coefficient (Wildman–Crippen LogP) is 0.998. The summed E-state index contributed by atoms with van der Waals surface area (Å²) in [4.78, 5) is 10.1. The number of unbranched alkanes of at least 4 members (excludes halogenated alkanes) is 2. The maximum absolute atomic E-state index is 11.0. The molecule has 0 spiro atoms. The molecule has 0 amide bonds. The normalized spacial score (nSPS) is 11.5. The highest BCUT2D eigenvalue weighted by Gasteiger charge is 2.09. The Morgan fingerprint density at radius 1 is 1.29 bits per heavy atom. The molecule has 14 heavy (non-hydrogen) atoms. The number of carbonyl (C=O) groups is 1. The fraction of sp³-hybridized carbons (Fsp3) is 0.875. The second-order valence-electron chi connectivity index (χ2n) is 2.87. The van der Waals surface area contributed by atoms with Gasteiger partial charge in [-0.1, -0.05) is 6.42 Å². The molecule has 5 nitrogen and oxygen atoms in total. The van der Waals surface area contributed by atoms with Crippen LogP contribution in [0.1, 0.15) is 32.6 Å². The first-order valence-corrected chi connectivity index (χ1v) is 6.14. The Morgan fingerprint density at radius 2 is 1.93 bits per heavy atom. The zero-order valence-electron chi connectivity index (χ0n) is 8.23. The minimum atomic E-state index is -3.38. The van der Waals surface area contributed by atoms with E-state index < -0.39 is 16.1 Å². The Morgan fingerprint density at radius 3 is 2.43 bits per heavy atom. The Balaban J connectivity index is 3.49. The predicted molar refractivity (Wildman–Crippen MR) is 51.5 cm³/mol. The third kappa shape index (κ3) is 8.00. The molecule has 0 aromatic heterocycles. The van der Waals surface area contributed by atoms with E-state index in [1.165, 1.54) is 0 Å². The molecule has 0 rings (SSSR count). The van der Waals surface area contributed by atoms with Crippen molar-refractivity contribution in [2.75, 3.05) is 12.4 Å². The van der Waals surface area contributed by atoms with Crippen LogP contribution in [0.3, 0.4) is 0 Å². The monoisotopic (exact) mass is 224 g/mol. The second-order valence-corrected chi connectivity index (χ2v) is 4.63. The van der Waals surface area contributed by atoms with Gasteiger partial charge < -0.3 is 5.11 Å². The fourth-order valence-corrected chi connectivity index (χ4v) is 2.00. The molecule has 0 atom stereocenters. The van der Waals surface area contributed by atoms with E-state index in [1.807, 2.05) is 0 Å². The Bertz CT molecular complexity index is 257. The summed E-state index contributed by atoms with van der Waals surface area (Å²) >= 11 is 0. The maximum atomic E-state index is 11.0. The van der Waals surface area contributed by atoms with Gasteiger partial charge in [-0.05, 0) is 19.8 Å². The first kappa shape index (κ1) is 13.4. The van der Waals surface area contributed by atoms with Crippen LogP contribution in [-0.2, 0) is 19.1 Å². The standard InChI is InChI=1S/C8H16O5S/c1-2-13-14(11,12)7-5-3-4-6-8(9)10/h2-7H2,1H3,(H,9,10). The summed E-state index contributed by atoms with van der Waals surface area (Å²) in [6.07, 6.45) is 1.65. The lowest BCUT2D eigenvalue weighted by atomic mass is 10.2. The first-order valence-electron chi connectivity index (χ1n) is 4.57. The number of rotatable bonds is 8. The van der Waals surface area contributed by atoms with Crippen molar-refractivity contribution in [1.29, 1.82) is 0 Å². The van der Waals surface area contributed by atoms with Gasteiger partial charge in [-0.2, -0.15) is 8.42 Å². The van der Waals surface area contributed by atoms with E-state index in [1.54, 1.807) is 6.92 Å². The quantitative estimate of drug-likeness (QED) is 0.491. The Hall–Kier alpha value is -0.620. The van der Waals surface area contributed by atoms with E-state index in [9.17, 15) is 13.2 Å². The average molecular weight is 224 g/mol. The van der Waals surface area contributed by atoms with Gasteiger partial charge in [0, 0.05) is 6.42 Å². The van der Waals surface area contributed by atoms with E-state index in [0.717, 1.165) is 0 Å². The zero-order valence-corrected chi connectivity index (χ0v) is 9.05. The van der Waals surface area contributed by atoms with Gasteiger partial charge in [-0.15, -0.1) is 0 Å². The van der Waals surface area contributed by atoms with E-state index in [0.29, 0.717) is 19.3 Å². The molecule has 84 valence electrons. The lowest BCUT2D eigenvalue weighted by Crippen LogP contribution is -2.10. The van der Waals surface area contributed by atoms with Crippen LogP contribution in [0, 0.1) is 0 Å². The van der Waals surface area contributed by atoms with Crippen LogP contribution in [0.25, 0.3) is 0 Å². The lowest BCUT2D eigenvalue weighted by Gasteiger charge is -2.02. The van der Waals surface area contributed by atoms with Gasteiger partial charge in [-0.3, -0.25) is 8.98 Å². The second kappa shape index (κ2) is 6.78. The van der Waals surface area contributed by atoms with Crippen LogP contribution in [0.5, 0.6) is 0 Å². The number of hydrogen-bond donors (Lipinski definition) is 1. The number of carboxylic acids is 1. The summed E-state index contributed by atoms with van der Waals surface area (Å²) in [6, 6.07) is 0. The molecule has 0 radical (unpaired) electrons. The molecule has 0 aliphatic heterocycles. The smallest absolute Gasteiger partial charge is 0.303 e. The van der Waals surface area contributed by atoms with Crippen LogP contribution >= 0.6 is 0 Å². The zero-order chi connectivity index (χ0) is 11.0. The van der Waals surface area contributed by atoms with Gasteiger partial charge in [0.2, 0.25) is 0 Å². The largest absolute Gasteiger partial charge is 0.481 e. The molecule has 0 heterocycles. The molecule has 1 N–H and O–H groups in total. The topological polar surface area (TPSA) is 80.7 Å². The van der Waals surface area contributed by atoms with Crippen LogP contribution in [0.2, 0.25) is 0 Å². The van der Waals surface area contributed by atoms with Crippen molar-refractivity contribution in [3.8, 4) is 0 Å². The summed E-state index contributed by atoms with van der Waals surface area (Å²) in [5.41, 5.74) is 0. The van der Waals surface area contributed by atoms with E-state index in [4.69, 9.17) is 5.11 Å². The molecule has 0 saturated heterocycles. The van der Waals surface area contributed by atoms with Crippen molar-refractivity contribution in [2.45, 2.75) is 32.6 Å². The Kier molecular flexibility index (Phi) is 6.48. The van der Waals surface area contributed by atoms with Gasteiger partial charge in [0.1, 0.15) is 0 Å². The molecule has 0 unspecified atom stereocenters. The molecule has 0 aromatic rings. The summed E-state index contributed by atoms with van der Waals surface area (Å²) in [5.74, 6) is -0.877. The van der Waals surface area contributed by atoms with Crippen molar-refractivity contribution >= 4 is 16.1 Å². The molecule has 0 saturated carbocycles. The molecule has 0 aliphatic rings. The van der Waals surface area contributed by atoms with Gasteiger partial charge in [0.05, 0.1) is 12.4 Å². The number of hydrogen-bond acceptors (Lipinski definition) is 4. The maximum Gasteiger partial charge on any atom is 0.303 e. The molecule has 0 fully saturated rings. The third-order valence-corrected chi connectivity index (χ3v) is 2.97. The molecule has 0 bridgehead atoms. The minimum absolute atomic E-state index is 0.0273. The van der Waals surface area contributed by atoms with Crippen LogP contribution in [0.15, 0.2) is 0 Å². The number of aliphatic carboxylic acids is 1. The lowest BCUT2D eigenvalue weighted by molar-refractivity contribution is -0.137. The van der Waals surface area contributed by atoms with Gasteiger partial charge in [0.15, 0.2) is 0 Å². The fourth-order valence-electron chi connectivity index (χ4n) is 0.970. The van der Waals surface area contributed by atoms with Crippen molar-refractivity contribution in [1.82, 2.24) is 0 Å². The summed E-state index contributed by atoms with van der Waals surface area (Å²) in [5, 5.41) is 8.31. The SMILES string of the molecule is CCOS(=O)(=O)CCCCCC(=O)O. The summed E-state index contributed by atoms with van der Waals surface area (Å²) in [7, 11) is -3.38. The summed E-state index contributed by atoms with van der Waals surface area (Å²) in [6.45, 7) is 1.76. The highest BCUT2D eigenvalue weighted by molar-refractivity contribution is 7.86. The van der Waals surface area contributed by atoms with Crippen LogP contribution < -0.4 is 0 Å². The van der Waals surface area contributed by atoms with Crippen LogP contribution in [-0.4, -0.2) is 31.9 Å². The van der Waals surface area contributed by atoms with E-state index in [-0.39, 0.29) is 18.8 Å². The molecule has 0 aliphatic carbocycles. The van der Waals surface area contributed by atoms with Gasteiger partial charge in [-0.25, -0.2) is 0 Å².